The molecule has 2 aliphatic rings. The van der Waals surface area contributed by atoms with Gasteiger partial charge in [-0.3, -0.25) is 10.3 Å². The number of rotatable bonds is 6. The number of nitrogens with one attached hydrogen (secondary N) is 1. The number of benzene rings is 5. The van der Waals surface area contributed by atoms with Crippen LogP contribution in [0.25, 0.3) is 67.0 Å². The molecule has 5 aromatic carbocycles. The van der Waals surface area contributed by atoms with Gasteiger partial charge in [0, 0.05) is 53.8 Å². The molecule has 1 unspecified atom stereocenters. The summed E-state index contributed by atoms with van der Waals surface area (Å²) in [5.74, 6) is 1.67. The summed E-state index contributed by atoms with van der Waals surface area (Å²) >= 11 is 0. The number of aromatic nitrogens is 4. The van der Waals surface area contributed by atoms with Crippen LogP contribution in [0.3, 0.4) is 0 Å². The maximum absolute atomic E-state index is 5.21. The number of aliphatic hydroxyl groups is 1. The topological polar surface area (TPSA) is 71.7 Å². The Morgan fingerprint density at radius 2 is 1.38 bits per heavy atom. The zero-order valence-electron chi connectivity index (χ0n) is 29.1. The van der Waals surface area contributed by atoms with E-state index < -0.39 is 0 Å². The van der Waals surface area contributed by atoms with Crippen molar-refractivity contribution in [3.8, 4) is 45.3 Å². The van der Waals surface area contributed by atoms with E-state index in [4.69, 9.17) is 14.7 Å². The summed E-state index contributed by atoms with van der Waals surface area (Å²) in [6, 6.07) is 46.7. The maximum atomic E-state index is 5.21. The Morgan fingerprint density at radius 3 is 2.11 bits per heavy atom. The van der Waals surface area contributed by atoms with Crippen LogP contribution in [-0.4, -0.2) is 42.7 Å². The number of ether oxygens (including phenoxy) is 1. The van der Waals surface area contributed by atoms with E-state index in [-0.39, 0.29) is 6.23 Å². The summed E-state index contributed by atoms with van der Waals surface area (Å²) in [6.07, 6.45) is 9.98. The molecule has 0 bridgehead atoms. The zero-order valence-corrected chi connectivity index (χ0v) is 29.1. The molecule has 7 heteroatoms. The summed E-state index contributed by atoms with van der Waals surface area (Å²) in [7, 11) is 2.08. The molecule has 0 amide bonds. The van der Waals surface area contributed by atoms with Crippen LogP contribution in [0.1, 0.15) is 17.4 Å². The molecular weight excluding hydrogens is 653 g/mol. The first-order chi connectivity index (χ1) is 26.2. The standard InChI is InChI=1S/C46H34N6O/c1-51-27-23-31(24-28-51)30-11-13-32(14-12-30)39-29-40(49-45(48-39)34-21-25-47-26-22-34)33-15-17-36(18-16-33)52-41-10-6-5-9-37(41)43-42(52)20-19-38-44(43)53-46(50-38)35-7-3-2-4-8-35/h2-27,29,46,50H,28H2,1H3/p+1. The Kier molecular flexibility index (Phi) is 7.35. The van der Waals surface area contributed by atoms with E-state index >= 15 is 0 Å². The first kappa shape index (κ1) is 30.8. The summed E-state index contributed by atoms with van der Waals surface area (Å²) in [4.78, 5) is 16.5. The van der Waals surface area contributed by atoms with Crippen LogP contribution in [0, 0.1) is 0 Å². The highest BCUT2D eigenvalue weighted by Crippen LogP contribution is 2.48. The quantitative estimate of drug-likeness (QED) is 0.139. The second kappa shape index (κ2) is 12.7. The van der Waals surface area contributed by atoms with Gasteiger partial charge in [-0.25, -0.2) is 9.97 Å². The van der Waals surface area contributed by atoms with Crippen LogP contribution in [-0.2, 0) is 0 Å². The van der Waals surface area contributed by atoms with Crippen molar-refractivity contribution in [2.24, 2.45) is 0 Å². The van der Waals surface area contributed by atoms with Crippen LogP contribution < -0.4 is 5.32 Å². The second-order valence-corrected chi connectivity index (χ2v) is 13.5. The van der Waals surface area contributed by atoms with Crippen molar-refractivity contribution in [2.45, 2.75) is 6.23 Å². The first-order valence-corrected chi connectivity index (χ1v) is 17.8. The second-order valence-electron chi connectivity index (χ2n) is 13.5. The van der Waals surface area contributed by atoms with Gasteiger partial charge >= 0.3 is 0 Å². The monoisotopic (exact) mass is 687 g/mol. The summed E-state index contributed by atoms with van der Waals surface area (Å²) in [5.41, 5.74) is 12.6. The lowest BCUT2D eigenvalue weighted by Gasteiger charge is -2.17. The van der Waals surface area contributed by atoms with Crippen molar-refractivity contribution < 1.29 is 4.74 Å². The minimum absolute atomic E-state index is 0.111. The van der Waals surface area contributed by atoms with Gasteiger partial charge in [-0.1, -0.05) is 78.9 Å². The molecule has 0 saturated carbocycles. The molecular formula is C46H35N6O+. The predicted molar refractivity (Wildman–Crippen MR) is 215 cm³/mol. The van der Waals surface area contributed by atoms with Gasteiger partial charge in [0.2, 0.25) is 0 Å². The molecule has 2 N–H and O–H groups in total. The number of hydrogen-bond donors (Lipinski definition) is 1. The molecule has 2 aliphatic heterocycles. The number of nitrogens with zero attached hydrogens (tertiary/aromatic N) is 5. The maximum Gasteiger partial charge on any atom is 0.290 e. The van der Waals surface area contributed by atoms with E-state index in [1.165, 1.54) is 16.5 Å². The van der Waals surface area contributed by atoms with Crippen molar-refractivity contribution in [1.82, 2.24) is 24.4 Å². The van der Waals surface area contributed by atoms with E-state index in [9.17, 15) is 0 Å². The molecule has 0 fully saturated rings. The number of para-hydroxylation sites is 1. The van der Waals surface area contributed by atoms with Crippen LogP contribution in [0.4, 0.5) is 5.69 Å². The molecule has 53 heavy (non-hydrogen) atoms. The smallest absolute Gasteiger partial charge is 0.290 e. The van der Waals surface area contributed by atoms with Gasteiger partial charge in [-0.2, -0.15) is 0 Å². The number of hydrogen-bond acceptors (Lipinski definition) is 5. The average molecular weight is 688 g/mol. The molecule has 0 saturated heterocycles. The van der Waals surface area contributed by atoms with E-state index in [0.717, 1.165) is 73.7 Å². The van der Waals surface area contributed by atoms with E-state index in [0.29, 0.717) is 5.82 Å². The molecule has 10 rings (SSSR count). The normalized spacial score (nSPS) is 14.9. The van der Waals surface area contributed by atoms with Crippen molar-refractivity contribution >= 4 is 33.1 Å². The van der Waals surface area contributed by atoms with Crippen molar-refractivity contribution in [2.75, 3.05) is 18.9 Å². The van der Waals surface area contributed by atoms with Gasteiger partial charge in [0.1, 0.15) is 11.1 Å². The average Bonchev–Trinajstić information content (AvgIpc) is 3.82. The third-order valence-electron chi connectivity index (χ3n) is 10.2. The van der Waals surface area contributed by atoms with E-state index in [2.05, 4.69) is 160 Å². The van der Waals surface area contributed by atoms with Crippen molar-refractivity contribution in [3.05, 3.63) is 175 Å². The van der Waals surface area contributed by atoms with Gasteiger partial charge < -0.3 is 14.2 Å². The summed E-state index contributed by atoms with van der Waals surface area (Å²) in [6.45, 7) is 0.901. The molecule has 1 atom stereocenters. The molecule has 0 spiro atoms. The molecule has 5 heterocycles. The van der Waals surface area contributed by atoms with Crippen molar-refractivity contribution in [1.29, 1.82) is 0 Å². The largest absolute Gasteiger partial charge is 0.560 e. The zero-order chi connectivity index (χ0) is 35.3. The Bertz CT molecular complexity index is 2700. The van der Waals surface area contributed by atoms with Gasteiger partial charge in [0.05, 0.1) is 28.0 Å². The molecule has 0 radical (unpaired) electrons. The van der Waals surface area contributed by atoms with Gasteiger partial charge in [-0.15, -0.1) is 0 Å². The molecule has 3 aromatic heterocycles. The first-order valence-electron chi connectivity index (χ1n) is 17.8. The Hall–Kier alpha value is -6.99. The Balaban J connectivity index is 1.03. The SMILES string of the molecule is CN1C=CC(c2ccc(-c3cc(-c4ccc(-n5c6ccccc6c6c7c(ccc65)NC(c5ccccc5)[OH+]7)cc4)nc(-c4ccncc4)n3)cc2)=CC1. The Morgan fingerprint density at radius 1 is 0.679 bits per heavy atom. The van der Waals surface area contributed by atoms with E-state index in [1.54, 1.807) is 12.4 Å². The van der Waals surface area contributed by atoms with Crippen LogP contribution in [0.2, 0.25) is 0 Å². The molecule has 254 valence electrons. The van der Waals surface area contributed by atoms with E-state index in [1.807, 2.05) is 18.2 Å². The van der Waals surface area contributed by atoms with Crippen LogP contribution in [0.5, 0.6) is 5.75 Å². The fraction of sp³-hybridized carbons (Fsp3) is 0.0652. The highest BCUT2D eigenvalue weighted by Gasteiger charge is 2.32. The molecule has 0 aliphatic carbocycles. The number of fused-ring (bicyclic) bond motifs is 5. The minimum atomic E-state index is -0.111. The molecule has 8 aromatic rings. The van der Waals surface area contributed by atoms with Crippen LogP contribution in [0.15, 0.2) is 164 Å². The Labute approximate surface area is 307 Å². The lowest BCUT2D eigenvalue weighted by molar-refractivity contribution is 0.0234. The van der Waals surface area contributed by atoms with Gasteiger partial charge in [-0.05, 0) is 84.1 Å². The van der Waals surface area contributed by atoms with Gasteiger partial charge in [0.25, 0.3) is 12.0 Å². The fourth-order valence-corrected chi connectivity index (χ4v) is 7.45. The number of pyridine rings is 1. The third kappa shape index (κ3) is 5.50. The number of allylic oxidation sites excluding steroid dienone is 2. The van der Waals surface area contributed by atoms with Crippen LogP contribution >= 0.6 is 0 Å². The lowest BCUT2D eigenvalue weighted by atomic mass is 10.0. The lowest BCUT2D eigenvalue weighted by Crippen LogP contribution is -2.13. The highest BCUT2D eigenvalue weighted by molar-refractivity contribution is 6.14. The van der Waals surface area contributed by atoms with Crippen molar-refractivity contribution in [3.63, 3.8) is 0 Å². The highest BCUT2D eigenvalue weighted by atomic mass is 16.5. The summed E-state index contributed by atoms with van der Waals surface area (Å²) < 4.78 is 7.55. The fourth-order valence-electron chi connectivity index (χ4n) is 7.45. The summed E-state index contributed by atoms with van der Waals surface area (Å²) in [5, 5.41) is 5.97. The van der Waals surface area contributed by atoms with Gasteiger partial charge in [0.15, 0.2) is 5.82 Å². The number of likely N-dealkylation sites (N-methyl/N-ethyl adjacent to an activating group) is 1. The third-order valence-corrected chi connectivity index (χ3v) is 10.2. The minimum Gasteiger partial charge on any atom is -0.560 e. The predicted octanol–water partition coefficient (Wildman–Crippen LogP) is 10.2. The number of aromatic hydroxyl groups is 1. The number of anilines is 1. The molecule has 7 nitrogen and oxygen atoms in total.